The van der Waals surface area contributed by atoms with Crippen molar-refractivity contribution in [1.29, 1.82) is 0 Å². The molecule has 0 aliphatic carbocycles. The van der Waals surface area contributed by atoms with Crippen LogP contribution in [0.4, 0.5) is 0 Å². The van der Waals surface area contributed by atoms with E-state index in [0.717, 1.165) is 7.96 Å². The van der Waals surface area contributed by atoms with Gasteiger partial charge in [-0.05, 0) is 260 Å². The molecule has 0 aliphatic heterocycles. The minimum atomic E-state index is -0.336. The zero-order chi connectivity index (χ0) is 60.2. The zero-order valence-electron chi connectivity index (χ0n) is 39.0. The van der Waals surface area contributed by atoms with Crippen molar-refractivity contribution in [3.05, 3.63) is 0 Å². The highest BCUT2D eigenvalue weighted by molar-refractivity contribution is 9.53. The van der Waals surface area contributed by atoms with Gasteiger partial charge in [-0.25, -0.2) is 0 Å². The lowest BCUT2D eigenvalue weighted by Gasteiger charge is -2.58. The van der Waals surface area contributed by atoms with Crippen molar-refractivity contribution < 1.29 is 0 Å². The van der Waals surface area contributed by atoms with Crippen LogP contribution in [-0.2, 0) is 0 Å². The van der Waals surface area contributed by atoms with Crippen molar-refractivity contribution in [2.45, 2.75) is 0 Å². The van der Waals surface area contributed by atoms with Crippen LogP contribution in [0.25, 0.3) is 0 Å². The largest absolute Gasteiger partial charge is 0.109 e. The van der Waals surface area contributed by atoms with Gasteiger partial charge in [-0.2, -0.15) is 0 Å². The second-order valence-electron chi connectivity index (χ2n) is 12.0. The number of rotatable bonds is 37. The van der Waals surface area contributed by atoms with Crippen LogP contribution in [0.2, 0.25) is 0 Å². The topological polar surface area (TPSA) is 0 Å². The van der Waals surface area contributed by atoms with Crippen LogP contribution in [0.1, 0.15) is 0 Å². The summed E-state index contributed by atoms with van der Waals surface area (Å²) in [5.74, 6) is 0. The lowest BCUT2D eigenvalue weighted by atomic mass is 28.4. The maximum atomic E-state index is 3.84. The molecule has 0 saturated heterocycles. The van der Waals surface area contributed by atoms with E-state index in [4.69, 9.17) is 0 Å². The molecule has 76 heavy (non-hydrogen) atoms. The Hall–Kier alpha value is 32.7. The summed E-state index contributed by atoms with van der Waals surface area (Å²) in [7, 11) is 140. The van der Waals surface area contributed by atoms with Gasteiger partial charge >= 0.3 is 0 Å². The molecule has 0 N–H and O–H groups in total. The second kappa shape index (κ2) is 60.2. The van der Waals surface area contributed by atoms with E-state index in [1.54, 1.807) is 0 Å². The Morgan fingerprint density at radius 2 is 0.263 bits per heavy atom. The molecule has 0 heterocycles. The summed E-state index contributed by atoms with van der Waals surface area (Å²) < 4.78 is 0. The van der Waals surface area contributed by atoms with Gasteiger partial charge in [0.1, 0.15) is 0 Å². The van der Waals surface area contributed by atoms with Gasteiger partial charge in [-0.1, -0.05) is 7.96 Å². The van der Waals surface area contributed by atoms with Gasteiger partial charge in [-0.15, -0.1) is 339 Å². The number of hydrogen-bond acceptors (Lipinski definition) is 0. The minimum Gasteiger partial charge on any atom is -0.109 e. The summed E-state index contributed by atoms with van der Waals surface area (Å²) in [6.45, 7) is -9.57. The molecule has 0 spiro atoms. The molecule has 44 atom stereocenters. The van der Waals surface area contributed by atoms with Gasteiger partial charge in [0, 0.05) is 0 Å². The lowest BCUT2D eigenvalue weighted by molar-refractivity contribution is 4.35. The van der Waals surface area contributed by atoms with E-state index in [1.807, 2.05) is 0 Å². The Balaban J connectivity index is 11.6. The maximum Gasteiger partial charge on any atom is -0.000360 e. The van der Waals surface area contributed by atoms with E-state index in [-0.39, 0.29) is 252 Å². The Labute approximate surface area is 597 Å². The molecule has 76 heteroatoms. The predicted octanol–water partition coefficient (Wildman–Crippen LogP) is 44.6. The molecule has 0 rings (SSSR count). The molecule has 0 aromatic rings. The van der Waals surface area contributed by atoms with Gasteiger partial charge in [0.05, 0.1) is 0 Å². The van der Waals surface area contributed by atoms with E-state index in [1.165, 1.54) is 7.96 Å². The van der Waals surface area contributed by atoms with Crippen LogP contribution >= 0.6 is 607 Å². The molecule has 0 aromatic heterocycles. The van der Waals surface area contributed by atoms with E-state index < -0.39 is 0 Å². The lowest BCUT2D eigenvalue weighted by Crippen LogP contribution is -1.71. The van der Waals surface area contributed by atoms with Crippen LogP contribution < -0.4 is 0 Å². The average Bonchev–Trinajstić information content (AvgIpc) is 3.21. The minimum absolute atomic E-state index is 0.211. The SMILES string of the molecule is PPP(P)P(P(P(P)P)P(P)P)P(P(PP(P(P(P(P)P)P(P)P)P(P(P)P)P(P)P)P(P(P(P)P)P(P)P)P(P(P)P)P(P)P)P(P(P(P)P)P(P)P)P(P(P)P)P(P)P)P(P(P(P)P)P(P)P)P(P(P)P)P(P)P. The molecular formula is H78P76. The summed E-state index contributed by atoms with van der Waals surface area (Å²) in [5, 5.41) is 0. The van der Waals surface area contributed by atoms with Gasteiger partial charge in [-0.3, -0.25) is 0 Å². The fraction of sp³-hybridized carbons (Fsp3) is 0. The third kappa shape index (κ3) is 39.0. The summed E-state index contributed by atoms with van der Waals surface area (Å²) in [4.78, 5) is 0. The average molecular weight is 2430 g/mol. The third-order valence-corrected chi connectivity index (χ3v) is 539. The van der Waals surface area contributed by atoms with E-state index in [0.29, 0.717) is 0 Å². The van der Waals surface area contributed by atoms with Crippen LogP contribution in [0, 0.1) is 0 Å². The second-order valence-corrected chi connectivity index (χ2v) is 324. The fourth-order valence-electron chi connectivity index (χ4n) is 4.52. The summed E-state index contributed by atoms with van der Waals surface area (Å²) in [6, 6.07) is 0. The molecule has 0 fully saturated rings. The molecule has 44 unspecified atom stereocenters. The van der Waals surface area contributed by atoms with Gasteiger partial charge < -0.3 is 0 Å². The van der Waals surface area contributed by atoms with Gasteiger partial charge in [0.2, 0.25) is 0 Å². The summed E-state index contributed by atoms with van der Waals surface area (Å²) in [5.41, 5.74) is 0. The monoisotopic (exact) mass is 2430 g/mol. The van der Waals surface area contributed by atoms with Crippen LogP contribution in [0.3, 0.4) is 0 Å². The first-order chi connectivity index (χ1) is 34.6. The van der Waals surface area contributed by atoms with Gasteiger partial charge in [0.15, 0.2) is 0 Å². The first kappa shape index (κ1) is 109. The fourth-order valence-corrected chi connectivity index (χ4v) is 1100. The molecule has 0 nitrogen and oxygen atoms in total. The van der Waals surface area contributed by atoms with E-state index in [2.05, 4.69) is 339 Å². The zero-order valence-corrected chi connectivity index (χ0v) is 117. The highest BCUT2D eigenvalue weighted by Gasteiger charge is 2.60. The van der Waals surface area contributed by atoms with Crippen LogP contribution in [-0.4, -0.2) is 0 Å². The van der Waals surface area contributed by atoms with Crippen molar-refractivity contribution in [2.75, 3.05) is 0 Å². The van der Waals surface area contributed by atoms with Crippen molar-refractivity contribution in [2.24, 2.45) is 0 Å². The Morgan fingerprint density at radius 3 is 0.395 bits per heavy atom. The van der Waals surface area contributed by atoms with Crippen molar-refractivity contribution in [1.82, 2.24) is 0 Å². The highest BCUT2D eigenvalue weighted by Crippen LogP contribution is 3.47. The normalized spacial score (nSPS) is 16.3. The Kier molecular flexibility index (Phi) is 86.1. The van der Waals surface area contributed by atoms with E-state index >= 15 is 0 Å². The Morgan fingerprint density at radius 1 is 0.145 bits per heavy atom. The van der Waals surface area contributed by atoms with Crippen molar-refractivity contribution in [3.63, 3.8) is 0 Å². The quantitative estimate of drug-likeness (QED) is 0.0544. The van der Waals surface area contributed by atoms with Crippen molar-refractivity contribution in [3.8, 4) is 0 Å². The Bertz CT molecular complexity index is 1260. The predicted molar refractivity (Wildman–Crippen MR) is 635 cm³/mol. The maximum absolute atomic E-state index is 3.84. The van der Waals surface area contributed by atoms with Crippen molar-refractivity contribution >= 4 is 607 Å². The molecule has 458 valence electrons. The van der Waals surface area contributed by atoms with E-state index in [9.17, 15) is 0 Å². The summed E-state index contributed by atoms with van der Waals surface area (Å²) >= 11 is 0. The smallest absolute Gasteiger partial charge is 0.000360 e. The standard InChI is InChI=1S/H78P76/c1-39-59(38)71(62(41(2)3)42(4)5)75(76(69(55(30)31)56(32)33)70(57(34)35)58(36)37)61(74(67(51(22)23)52(24)25)68(53(26)27)54(28)29)40-60(72(63(43(6)7)44(8)9)64(45(10)11)46(12)13)73(65(47(14)15)48(16)17)66(49(18)19)50(20)21/h39-40H,1-38H2. The molecule has 0 radical (unpaired) electrons. The molecule has 0 aromatic carbocycles. The van der Waals surface area contributed by atoms with Crippen LogP contribution in [0.15, 0.2) is 0 Å². The first-order valence-electron chi connectivity index (χ1n) is 17.3. The van der Waals surface area contributed by atoms with Gasteiger partial charge in [0.25, 0.3) is 0 Å². The molecule has 0 bridgehead atoms. The highest BCUT2D eigenvalue weighted by atomic mass is 33.6. The third-order valence-electron chi connectivity index (χ3n) is 6.66. The molecule has 0 aliphatic rings. The van der Waals surface area contributed by atoms with Crippen LogP contribution in [0.5, 0.6) is 0 Å². The first-order valence-corrected chi connectivity index (χ1v) is 156. The molecular weight excluding hydrogens is 2350 g/mol. The molecule has 0 saturated carbocycles. The number of hydrogen-bond donors (Lipinski definition) is 0. The summed E-state index contributed by atoms with van der Waals surface area (Å²) in [6.07, 6.45) is 0. The molecule has 0 amide bonds.